The number of para-hydroxylation sites is 2. The van der Waals surface area contributed by atoms with E-state index in [2.05, 4.69) is 29.6 Å². The predicted molar refractivity (Wildman–Crippen MR) is 128 cm³/mol. The van der Waals surface area contributed by atoms with Crippen LogP contribution < -0.4 is 10.3 Å². The fourth-order valence-electron chi connectivity index (χ4n) is 5.03. The van der Waals surface area contributed by atoms with Gasteiger partial charge in [-0.1, -0.05) is 97.1 Å². The Labute approximate surface area is 186 Å². The molecule has 2 atom stereocenters. The zero-order valence-electron chi connectivity index (χ0n) is 17.3. The van der Waals surface area contributed by atoms with Gasteiger partial charge in [-0.2, -0.15) is 5.10 Å². The Balaban J connectivity index is 1.69. The fraction of sp³-hybridized carbons (Fsp3) is 0.0714. The van der Waals surface area contributed by atoms with Crippen molar-refractivity contribution in [2.45, 2.75) is 11.5 Å². The second-order valence-electron chi connectivity index (χ2n) is 8.11. The van der Waals surface area contributed by atoms with Crippen LogP contribution in [0.3, 0.4) is 0 Å². The highest BCUT2D eigenvalue weighted by molar-refractivity contribution is 6.19. The molecule has 0 radical (unpaired) electrons. The highest BCUT2D eigenvalue weighted by atomic mass is 16.2. The number of nitrogens with zero attached hydrogens (tertiary/aromatic N) is 2. The molecule has 4 aromatic carbocycles. The number of nitrogens with one attached hydrogen (secondary N) is 1. The average Bonchev–Trinajstić information content (AvgIpc) is 3.37. The van der Waals surface area contributed by atoms with Gasteiger partial charge in [-0.05, 0) is 29.3 Å². The first kappa shape index (κ1) is 18.6. The van der Waals surface area contributed by atoms with Gasteiger partial charge in [0, 0.05) is 11.3 Å². The molecule has 4 heteroatoms. The number of carbonyl (C=O) groups excluding carboxylic acids is 1. The summed E-state index contributed by atoms with van der Waals surface area (Å²) in [6.45, 7) is 0. The normalized spacial score (nSPS) is 21.4. The molecular formula is C28H21N3O. The molecule has 6 rings (SSSR count). The second kappa shape index (κ2) is 7.20. The van der Waals surface area contributed by atoms with Gasteiger partial charge in [-0.15, -0.1) is 0 Å². The highest BCUT2D eigenvalue weighted by Gasteiger charge is 2.62. The average molecular weight is 415 g/mol. The summed E-state index contributed by atoms with van der Waals surface area (Å²) in [6, 6.07) is 38.3. The SMILES string of the molecule is O=C1Nc2ccccc2[C@]12[C@@H](c1ccccc1)C(c1ccccc1)=NN2c1ccccc1. The van der Waals surface area contributed by atoms with Gasteiger partial charge in [0.25, 0.3) is 5.91 Å². The van der Waals surface area contributed by atoms with Crippen LogP contribution in [0.15, 0.2) is 120 Å². The molecule has 2 aliphatic heterocycles. The lowest BCUT2D eigenvalue weighted by molar-refractivity contribution is -0.120. The van der Waals surface area contributed by atoms with Crippen molar-refractivity contribution in [2.24, 2.45) is 5.10 Å². The molecule has 154 valence electrons. The van der Waals surface area contributed by atoms with Gasteiger partial charge in [0.15, 0.2) is 5.54 Å². The van der Waals surface area contributed by atoms with Gasteiger partial charge >= 0.3 is 0 Å². The number of hydrogen-bond donors (Lipinski definition) is 1. The Morgan fingerprint density at radius 1 is 0.719 bits per heavy atom. The first-order valence-corrected chi connectivity index (χ1v) is 10.8. The van der Waals surface area contributed by atoms with Gasteiger partial charge in [-0.3, -0.25) is 4.79 Å². The van der Waals surface area contributed by atoms with Crippen LogP contribution in [0.5, 0.6) is 0 Å². The van der Waals surface area contributed by atoms with Crippen LogP contribution in [0.4, 0.5) is 11.4 Å². The molecule has 0 bridgehead atoms. The van der Waals surface area contributed by atoms with Crippen LogP contribution in [0, 0.1) is 0 Å². The van der Waals surface area contributed by atoms with Gasteiger partial charge in [0.1, 0.15) is 0 Å². The number of hydrogen-bond acceptors (Lipinski definition) is 3. The lowest BCUT2D eigenvalue weighted by Gasteiger charge is -2.37. The first-order chi connectivity index (χ1) is 15.8. The molecule has 1 spiro atoms. The van der Waals surface area contributed by atoms with Crippen molar-refractivity contribution in [3.8, 4) is 0 Å². The van der Waals surface area contributed by atoms with Crippen molar-refractivity contribution in [1.82, 2.24) is 0 Å². The monoisotopic (exact) mass is 415 g/mol. The van der Waals surface area contributed by atoms with E-state index in [0.717, 1.165) is 33.8 Å². The summed E-state index contributed by atoms with van der Waals surface area (Å²) < 4.78 is 0. The number of hydrazone groups is 1. The molecule has 0 unspecified atom stereocenters. The maximum absolute atomic E-state index is 14.0. The molecule has 0 fully saturated rings. The van der Waals surface area contributed by atoms with Crippen molar-refractivity contribution in [1.29, 1.82) is 0 Å². The number of benzene rings is 4. The molecule has 0 saturated heterocycles. The number of anilines is 2. The highest BCUT2D eigenvalue weighted by Crippen LogP contribution is 2.55. The molecule has 2 heterocycles. The Hall–Kier alpha value is -4.18. The molecule has 0 saturated carbocycles. The third-order valence-electron chi connectivity index (χ3n) is 6.37. The van der Waals surface area contributed by atoms with E-state index in [1.165, 1.54) is 0 Å². The van der Waals surface area contributed by atoms with E-state index in [4.69, 9.17) is 5.10 Å². The minimum absolute atomic E-state index is 0.0638. The van der Waals surface area contributed by atoms with Gasteiger partial charge in [-0.25, -0.2) is 5.01 Å². The maximum atomic E-state index is 14.0. The quantitative estimate of drug-likeness (QED) is 0.477. The Kier molecular flexibility index (Phi) is 4.18. The van der Waals surface area contributed by atoms with Gasteiger partial charge in [0.2, 0.25) is 0 Å². The molecule has 2 aliphatic rings. The molecule has 1 amide bonds. The number of rotatable bonds is 3. The molecular weight excluding hydrogens is 394 g/mol. The van der Waals surface area contributed by atoms with Gasteiger partial charge < -0.3 is 5.32 Å². The summed E-state index contributed by atoms with van der Waals surface area (Å²) in [5.74, 6) is -0.346. The zero-order valence-corrected chi connectivity index (χ0v) is 17.3. The maximum Gasteiger partial charge on any atom is 0.258 e. The fourth-order valence-corrected chi connectivity index (χ4v) is 5.03. The topological polar surface area (TPSA) is 44.7 Å². The minimum atomic E-state index is -1.02. The summed E-state index contributed by atoms with van der Waals surface area (Å²) in [6.07, 6.45) is 0. The zero-order chi connectivity index (χ0) is 21.5. The molecule has 32 heavy (non-hydrogen) atoms. The van der Waals surface area contributed by atoms with Crippen LogP contribution in [-0.2, 0) is 10.3 Å². The Morgan fingerprint density at radius 3 is 2.03 bits per heavy atom. The second-order valence-corrected chi connectivity index (χ2v) is 8.11. The van der Waals surface area contributed by atoms with E-state index in [9.17, 15) is 4.79 Å². The molecule has 0 aliphatic carbocycles. The van der Waals surface area contributed by atoms with Crippen LogP contribution in [0.1, 0.15) is 22.6 Å². The summed E-state index contributed by atoms with van der Waals surface area (Å²) in [5, 5.41) is 10.2. The van der Waals surface area contributed by atoms with Crippen LogP contribution in [0.25, 0.3) is 0 Å². The smallest absolute Gasteiger partial charge is 0.258 e. The summed E-state index contributed by atoms with van der Waals surface area (Å²) in [5.41, 5.74) is 4.58. The molecule has 4 nitrogen and oxygen atoms in total. The summed E-state index contributed by atoms with van der Waals surface area (Å²) in [7, 11) is 0. The van der Waals surface area contributed by atoms with Crippen LogP contribution in [-0.4, -0.2) is 11.6 Å². The summed E-state index contributed by atoms with van der Waals surface area (Å²) >= 11 is 0. The largest absolute Gasteiger partial charge is 0.323 e. The van der Waals surface area contributed by atoms with Crippen LogP contribution in [0.2, 0.25) is 0 Å². The molecule has 1 N–H and O–H groups in total. The lowest BCUT2D eigenvalue weighted by Crippen LogP contribution is -2.50. The van der Waals surface area contributed by atoms with E-state index < -0.39 is 5.54 Å². The van der Waals surface area contributed by atoms with Crippen molar-refractivity contribution < 1.29 is 4.79 Å². The standard InChI is InChI=1S/C28H21N3O/c32-27-28(23-18-10-11-19-24(23)29-27)25(20-12-4-1-5-13-20)26(21-14-6-2-7-15-21)30-31(28)22-16-8-3-9-17-22/h1-19,25H,(H,29,32)/t25-,28-/m0/s1. The first-order valence-electron chi connectivity index (χ1n) is 10.8. The third kappa shape index (κ3) is 2.56. The minimum Gasteiger partial charge on any atom is -0.323 e. The molecule has 4 aromatic rings. The Bertz CT molecular complexity index is 1320. The van der Waals surface area contributed by atoms with Crippen molar-refractivity contribution in [2.75, 3.05) is 10.3 Å². The number of amides is 1. The number of fused-ring (bicyclic) bond motifs is 2. The van der Waals surface area contributed by atoms with E-state index in [1.54, 1.807) is 0 Å². The van der Waals surface area contributed by atoms with E-state index >= 15 is 0 Å². The predicted octanol–water partition coefficient (Wildman–Crippen LogP) is 5.54. The van der Waals surface area contributed by atoms with E-state index in [-0.39, 0.29) is 11.8 Å². The number of carbonyl (C=O) groups is 1. The Morgan fingerprint density at radius 2 is 1.31 bits per heavy atom. The van der Waals surface area contributed by atoms with Gasteiger partial charge in [0.05, 0.1) is 17.3 Å². The summed E-state index contributed by atoms with van der Waals surface area (Å²) in [4.78, 5) is 14.0. The van der Waals surface area contributed by atoms with Crippen LogP contribution >= 0.6 is 0 Å². The van der Waals surface area contributed by atoms with Crippen molar-refractivity contribution in [3.05, 3.63) is 132 Å². The third-order valence-corrected chi connectivity index (χ3v) is 6.37. The van der Waals surface area contributed by atoms with E-state index in [0.29, 0.717) is 0 Å². The molecule has 0 aromatic heterocycles. The lowest BCUT2D eigenvalue weighted by atomic mass is 9.72. The van der Waals surface area contributed by atoms with Crippen molar-refractivity contribution in [3.63, 3.8) is 0 Å². The van der Waals surface area contributed by atoms with E-state index in [1.807, 2.05) is 96.0 Å². The van der Waals surface area contributed by atoms with Crippen molar-refractivity contribution >= 4 is 23.0 Å².